The zero-order chi connectivity index (χ0) is 17.1. The van der Waals surface area contributed by atoms with Gasteiger partial charge in [0.1, 0.15) is 0 Å². The summed E-state index contributed by atoms with van der Waals surface area (Å²) in [4.78, 5) is 35.6. The molecule has 0 saturated heterocycles. The predicted octanol–water partition coefficient (Wildman–Crippen LogP) is 3.19. The monoisotopic (exact) mass is 343 g/mol. The van der Waals surface area contributed by atoms with Gasteiger partial charge in [-0.25, -0.2) is 4.79 Å². The molecule has 0 saturated carbocycles. The predicted molar refractivity (Wildman–Crippen MR) is 91.3 cm³/mol. The van der Waals surface area contributed by atoms with Crippen LogP contribution in [0.25, 0.3) is 0 Å². The van der Waals surface area contributed by atoms with Crippen molar-refractivity contribution in [1.82, 2.24) is 5.32 Å². The normalized spacial score (nSPS) is 12.8. The van der Waals surface area contributed by atoms with Crippen LogP contribution in [-0.2, 0) is 11.2 Å². The van der Waals surface area contributed by atoms with E-state index in [9.17, 15) is 14.4 Å². The fraction of sp³-hybridized carbons (Fsp3) is 0.118. The third kappa shape index (κ3) is 3.38. The number of benzene rings is 2. The van der Waals surface area contributed by atoms with E-state index in [1.807, 2.05) is 0 Å². The molecule has 122 valence electrons. The van der Waals surface area contributed by atoms with Crippen LogP contribution in [-0.4, -0.2) is 17.8 Å². The molecule has 7 heteroatoms. The summed E-state index contributed by atoms with van der Waals surface area (Å²) >= 11 is 5.94. The van der Waals surface area contributed by atoms with Gasteiger partial charge in [0.2, 0.25) is 5.91 Å². The minimum atomic E-state index is -0.662. The molecule has 0 bridgehead atoms. The average Bonchev–Trinajstić information content (AvgIpc) is 2.55. The number of carbonyl (C=O) groups excluding carboxylic acids is 3. The molecule has 1 heterocycles. The summed E-state index contributed by atoms with van der Waals surface area (Å²) in [7, 11) is 0. The highest BCUT2D eigenvalue weighted by molar-refractivity contribution is 6.34. The fourth-order valence-electron chi connectivity index (χ4n) is 2.51. The minimum absolute atomic E-state index is 0.0574. The molecule has 2 aromatic rings. The van der Waals surface area contributed by atoms with Crippen molar-refractivity contribution in [1.29, 1.82) is 0 Å². The van der Waals surface area contributed by atoms with Crippen LogP contribution in [0.5, 0.6) is 0 Å². The van der Waals surface area contributed by atoms with Crippen LogP contribution in [0.2, 0.25) is 5.02 Å². The second kappa shape index (κ2) is 6.72. The van der Waals surface area contributed by atoms with Crippen LogP contribution >= 0.6 is 11.6 Å². The first kappa shape index (κ1) is 16.0. The van der Waals surface area contributed by atoms with Crippen molar-refractivity contribution >= 4 is 40.8 Å². The molecule has 1 aliphatic rings. The Morgan fingerprint density at radius 3 is 2.62 bits per heavy atom. The van der Waals surface area contributed by atoms with E-state index in [0.29, 0.717) is 24.2 Å². The molecule has 0 fully saturated rings. The van der Waals surface area contributed by atoms with Gasteiger partial charge in [-0.15, -0.1) is 0 Å². The Hall–Kier alpha value is -2.86. The van der Waals surface area contributed by atoms with Gasteiger partial charge >= 0.3 is 6.03 Å². The Kier molecular flexibility index (Phi) is 4.48. The number of rotatable bonds is 2. The Morgan fingerprint density at radius 1 is 1.04 bits per heavy atom. The van der Waals surface area contributed by atoms with E-state index in [1.54, 1.807) is 36.4 Å². The number of imide groups is 1. The largest absolute Gasteiger partial charge is 0.326 e. The maximum atomic E-state index is 12.1. The van der Waals surface area contributed by atoms with E-state index in [0.717, 1.165) is 5.56 Å². The molecular formula is C17H14ClN3O3. The van der Waals surface area contributed by atoms with Gasteiger partial charge in [0.05, 0.1) is 10.6 Å². The molecule has 0 atom stereocenters. The standard InChI is InChI=1S/C17H14ClN3O3/c18-12-5-2-1-4-10(12)16(23)21-17(24)20-14-7-3-6-13-11(14)8-9-15(22)19-13/h1-7H,8-9H2,(H,19,22)(H2,20,21,23,24). The highest BCUT2D eigenvalue weighted by Crippen LogP contribution is 2.29. The van der Waals surface area contributed by atoms with E-state index in [2.05, 4.69) is 16.0 Å². The SMILES string of the molecule is O=C1CCc2c(cccc2NC(=O)NC(=O)c2ccccc2Cl)N1. The van der Waals surface area contributed by atoms with E-state index < -0.39 is 11.9 Å². The smallest absolute Gasteiger partial charge is 0.326 e. The van der Waals surface area contributed by atoms with Crippen LogP contribution < -0.4 is 16.0 Å². The molecular weight excluding hydrogens is 330 g/mol. The lowest BCUT2D eigenvalue weighted by Crippen LogP contribution is -2.35. The Balaban J connectivity index is 1.72. The van der Waals surface area contributed by atoms with Crippen molar-refractivity contribution in [2.45, 2.75) is 12.8 Å². The average molecular weight is 344 g/mol. The quantitative estimate of drug-likeness (QED) is 0.782. The number of nitrogens with one attached hydrogen (secondary N) is 3. The Labute approximate surface area is 143 Å². The lowest BCUT2D eigenvalue weighted by molar-refractivity contribution is -0.116. The highest BCUT2D eigenvalue weighted by atomic mass is 35.5. The van der Waals surface area contributed by atoms with Gasteiger partial charge in [-0.2, -0.15) is 0 Å². The van der Waals surface area contributed by atoms with Gasteiger partial charge in [-0.1, -0.05) is 29.8 Å². The number of amides is 4. The minimum Gasteiger partial charge on any atom is -0.326 e. The van der Waals surface area contributed by atoms with Crippen molar-refractivity contribution in [3.05, 3.63) is 58.6 Å². The highest BCUT2D eigenvalue weighted by Gasteiger charge is 2.19. The summed E-state index contributed by atoms with van der Waals surface area (Å²) in [6.45, 7) is 0. The van der Waals surface area contributed by atoms with Crippen molar-refractivity contribution in [3.63, 3.8) is 0 Å². The molecule has 2 aromatic carbocycles. The molecule has 0 radical (unpaired) electrons. The summed E-state index contributed by atoms with van der Waals surface area (Å²) < 4.78 is 0. The number of carbonyl (C=O) groups is 3. The number of hydrogen-bond acceptors (Lipinski definition) is 3. The molecule has 3 N–H and O–H groups in total. The van der Waals surface area contributed by atoms with Gasteiger partial charge in [-0.3, -0.25) is 14.9 Å². The first-order valence-electron chi connectivity index (χ1n) is 7.33. The number of urea groups is 1. The van der Waals surface area contributed by atoms with Crippen LogP contribution in [0.1, 0.15) is 22.3 Å². The lowest BCUT2D eigenvalue weighted by Gasteiger charge is -2.20. The van der Waals surface area contributed by atoms with E-state index in [-0.39, 0.29) is 16.5 Å². The van der Waals surface area contributed by atoms with Crippen molar-refractivity contribution < 1.29 is 14.4 Å². The third-order valence-electron chi connectivity index (χ3n) is 3.65. The van der Waals surface area contributed by atoms with Crippen LogP contribution in [0.15, 0.2) is 42.5 Å². The van der Waals surface area contributed by atoms with Gasteiger partial charge in [0.15, 0.2) is 0 Å². The number of hydrogen-bond donors (Lipinski definition) is 3. The second-order valence-electron chi connectivity index (χ2n) is 5.27. The molecule has 1 aliphatic heterocycles. The van der Waals surface area contributed by atoms with E-state index >= 15 is 0 Å². The third-order valence-corrected chi connectivity index (χ3v) is 3.98. The molecule has 0 unspecified atom stereocenters. The number of halogens is 1. The van der Waals surface area contributed by atoms with Crippen molar-refractivity contribution in [2.75, 3.05) is 10.6 Å². The van der Waals surface area contributed by atoms with Gasteiger partial charge < -0.3 is 10.6 Å². The zero-order valence-electron chi connectivity index (χ0n) is 12.6. The van der Waals surface area contributed by atoms with Crippen LogP contribution in [0.3, 0.4) is 0 Å². The van der Waals surface area contributed by atoms with Crippen LogP contribution in [0.4, 0.5) is 16.2 Å². The van der Waals surface area contributed by atoms with E-state index in [4.69, 9.17) is 11.6 Å². The molecule has 4 amide bonds. The molecule has 0 aliphatic carbocycles. The molecule has 3 rings (SSSR count). The van der Waals surface area contributed by atoms with Crippen molar-refractivity contribution in [2.24, 2.45) is 0 Å². The van der Waals surface area contributed by atoms with Crippen LogP contribution in [0, 0.1) is 0 Å². The second-order valence-corrected chi connectivity index (χ2v) is 5.68. The van der Waals surface area contributed by atoms with Gasteiger partial charge in [-0.05, 0) is 36.2 Å². The first-order chi connectivity index (χ1) is 11.5. The molecule has 24 heavy (non-hydrogen) atoms. The summed E-state index contributed by atoms with van der Waals surface area (Å²) in [6, 6.07) is 11.0. The van der Waals surface area contributed by atoms with Crippen molar-refractivity contribution in [3.8, 4) is 0 Å². The number of fused-ring (bicyclic) bond motifs is 1. The summed E-state index contributed by atoms with van der Waals surface area (Å²) in [6.07, 6.45) is 0.877. The first-order valence-corrected chi connectivity index (χ1v) is 7.71. The lowest BCUT2D eigenvalue weighted by atomic mass is 10.0. The topological polar surface area (TPSA) is 87.3 Å². The molecule has 6 nitrogen and oxygen atoms in total. The number of anilines is 2. The summed E-state index contributed by atoms with van der Waals surface area (Å²) in [5.74, 6) is -0.644. The Morgan fingerprint density at radius 2 is 1.83 bits per heavy atom. The van der Waals surface area contributed by atoms with Gasteiger partial charge in [0.25, 0.3) is 5.91 Å². The fourth-order valence-corrected chi connectivity index (χ4v) is 2.73. The summed E-state index contributed by atoms with van der Waals surface area (Å²) in [5, 5.41) is 7.90. The Bertz CT molecular complexity index is 836. The van der Waals surface area contributed by atoms with E-state index in [1.165, 1.54) is 6.07 Å². The maximum absolute atomic E-state index is 12.1. The summed E-state index contributed by atoms with van der Waals surface area (Å²) in [5.41, 5.74) is 2.27. The molecule has 0 spiro atoms. The maximum Gasteiger partial charge on any atom is 0.326 e. The van der Waals surface area contributed by atoms with Gasteiger partial charge in [0, 0.05) is 17.8 Å². The molecule has 0 aromatic heterocycles. The zero-order valence-corrected chi connectivity index (χ0v) is 13.3.